The molecule has 0 bridgehead atoms. The summed E-state index contributed by atoms with van der Waals surface area (Å²) in [5, 5.41) is 3.26. The van der Waals surface area contributed by atoms with Crippen LogP contribution in [0, 0.1) is 0 Å². The van der Waals surface area contributed by atoms with E-state index in [0.29, 0.717) is 24.5 Å². The Hall–Kier alpha value is -1.88. The number of pyridine rings is 1. The fourth-order valence-electron chi connectivity index (χ4n) is 2.57. The molecule has 2 aromatic heterocycles. The molecular formula is C16H18N2O2S. The van der Waals surface area contributed by atoms with E-state index >= 15 is 0 Å². The van der Waals surface area contributed by atoms with E-state index < -0.39 is 0 Å². The number of hydrogen-bond donors (Lipinski definition) is 1. The third-order valence-electron chi connectivity index (χ3n) is 3.53. The molecule has 1 N–H and O–H groups in total. The van der Waals surface area contributed by atoms with Crippen LogP contribution in [0.2, 0.25) is 0 Å². The normalized spacial score (nSPS) is 13.0. The molecule has 0 radical (unpaired) electrons. The highest BCUT2D eigenvalue weighted by molar-refractivity contribution is 7.12. The number of nitrogens with zero attached hydrogens (tertiary/aromatic N) is 1. The Morgan fingerprint density at radius 2 is 2.38 bits per heavy atom. The smallest absolute Gasteiger partial charge is 0.341 e. The average Bonchev–Trinajstić information content (AvgIpc) is 3.06. The van der Waals surface area contributed by atoms with Crippen LogP contribution in [-0.2, 0) is 24.1 Å². The third kappa shape index (κ3) is 3.08. The van der Waals surface area contributed by atoms with Crippen LogP contribution in [0.15, 0.2) is 24.4 Å². The molecule has 0 spiro atoms. The van der Waals surface area contributed by atoms with Crippen LogP contribution >= 0.6 is 11.3 Å². The Morgan fingerprint density at radius 1 is 1.48 bits per heavy atom. The number of anilines is 1. The van der Waals surface area contributed by atoms with Crippen LogP contribution in [0.1, 0.15) is 39.0 Å². The highest BCUT2D eigenvalue weighted by Gasteiger charge is 2.16. The van der Waals surface area contributed by atoms with Gasteiger partial charge in [-0.25, -0.2) is 9.78 Å². The predicted molar refractivity (Wildman–Crippen MR) is 83.9 cm³/mol. The third-order valence-corrected chi connectivity index (χ3v) is 4.77. The Bertz CT molecular complexity index is 630. The number of aryl methyl sites for hydroxylation is 2. The summed E-state index contributed by atoms with van der Waals surface area (Å²) < 4.78 is 5.05. The van der Waals surface area contributed by atoms with Crippen molar-refractivity contribution in [2.75, 3.05) is 11.9 Å². The Kier molecular flexibility index (Phi) is 4.20. The van der Waals surface area contributed by atoms with Gasteiger partial charge in [0.2, 0.25) is 0 Å². The van der Waals surface area contributed by atoms with Crippen LogP contribution in [-0.4, -0.2) is 17.6 Å². The van der Waals surface area contributed by atoms with E-state index in [2.05, 4.69) is 16.4 Å². The first-order valence-electron chi connectivity index (χ1n) is 7.24. The zero-order valence-electron chi connectivity index (χ0n) is 12.0. The summed E-state index contributed by atoms with van der Waals surface area (Å²) >= 11 is 1.86. The summed E-state index contributed by atoms with van der Waals surface area (Å²) in [6.07, 6.45) is 5.36. The molecule has 2 aromatic rings. The van der Waals surface area contributed by atoms with Gasteiger partial charge < -0.3 is 10.1 Å². The van der Waals surface area contributed by atoms with E-state index in [1.807, 2.05) is 11.3 Å². The highest BCUT2D eigenvalue weighted by atomic mass is 32.1. The molecule has 21 heavy (non-hydrogen) atoms. The second-order valence-electron chi connectivity index (χ2n) is 4.99. The number of carbonyl (C=O) groups excluding carboxylic acids is 1. The summed E-state index contributed by atoms with van der Waals surface area (Å²) in [6, 6.07) is 5.76. The molecule has 110 valence electrons. The second-order valence-corrected chi connectivity index (χ2v) is 6.21. The molecular weight excluding hydrogens is 284 g/mol. The van der Waals surface area contributed by atoms with E-state index in [4.69, 9.17) is 4.74 Å². The molecule has 1 aliphatic rings. The minimum atomic E-state index is -0.332. The molecule has 3 rings (SSSR count). The summed E-state index contributed by atoms with van der Waals surface area (Å²) in [5.41, 5.74) is 1.98. The zero-order valence-corrected chi connectivity index (χ0v) is 12.8. The van der Waals surface area contributed by atoms with E-state index in [0.717, 1.165) is 0 Å². The monoisotopic (exact) mass is 302 g/mol. The topological polar surface area (TPSA) is 51.2 Å². The SMILES string of the molecule is CCOC(=O)c1cccnc1NCc1cc2c(s1)CCC2. The van der Waals surface area contributed by atoms with E-state index in [-0.39, 0.29) is 5.97 Å². The van der Waals surface area contributed by atoms with Gasteiger partial charge >= 0.3 is 5.97 Å². The first-order valence-corrected chi connectivity index (χ1v) is 8.06. The van der Waals surface area contributed by atoms with E-state index in [1.54, 1.807) is 25.3 Å². The van der Waals surface area contributed by atoms with Crippen molar-refractivity contribution in [3.63, 3.8) is 0 Å². The van der Waals surface area contributed by atoms with Gasteiger partial charge in [0.1, 0.15) is 11.4 Å². The largest absolute Gasteiger partial charge is 0.462 e. The van der Waals surface area contributed by atoms with Crippen LogP contribution in [0.4, 0.5) is 5.82 Å². The molecule has 2 heterocycles. The number of hydrogen-bond acceptors (Lipinski definition) is 5. The van der Waals surface area contributed by atoms with Gasteiger partial charge in [0.15, 0.2) is 0 Å². The summed E-state index contributed by atoms with van der Waals surface area (Å²) in [6.45, 7) is 2.86. The van der Waals surface area contributed by atoms with Crippen molar-refractivity contribution in [3.8, 4) is 0 Å². The lowest BCUT2D eigenvalue weighted by Crippen LogP contribution is -2.10. The lowest BCUT2D eigenvalue weighted by Gasteiger charge is -2.09. The summed E-state index contributed by atoms with van der Waals surface area (Å²) in [4.78, 5) is 18.9. The summed E-state index contributed by atoms with van der Waals surface area (Å²) in [7, 11) is 0. The van der Waals surface area contributed by atoms with Gasteiger partial charge in [-0.2, -0.15) is 0 Å². The van der Waals surface area contributed by atoms with Gasteiger partial charge in [0, 0.05) is 16.0 Å². The van der Waals surface area contributed by atoms with Crippen molar-refractivity contribution < 1.29 is 9.53 Å². The summed E-state index contributed by atoms with van der Waals surface area (Å²) in [5.74, 6) is 0.256. The van der Waals surface area contributed by atoms with E-state index in [1.165, 1.54) is 34.6 Å². The highest BCUT2D eigenvalue weighted by Crippen LogP contribution is 2.31. The maximum atomic E-state index is 11.9. The van der Waals surface area contributed by atoms with Crippen molar-refractivity contribution in [1.29, 1.82) is 0 Å². The number of aromatic nitrogens is 1. The average molecular weight is 302 g/mol. The van der Waals surface area contributed by atoms with Gasteiger partial charge in [0.25, 0.3) is 0 Å². The second kappa shape index (κ2) is 6.26. The maximum absolute atomic E-state index is 11.9. The molecule has 0 aromatic carbocycles. The van der Waals surface area contributed by atoms with Crippen LogP contribution in [0.5, 0.6) is 0 Å². The van der Waals surface area contributed by atoms with Crippen molar-refractivity contribution in [1.82, 2.24) is 4.98 Å². The number of fused-ring (bicyclic) bond motifs is 1. The number of carbonyl (C=O) groups is 1. The van der Waals surface area contributed by atoms with E-state index in [9.17, 15) is 4.79 Å². The van der Waals surface area contributed by atoms with Crippen LogP contribution < -0.4 is 5.32 Å². The first kappa shape index (κ1) is 14.1. The quantitative estimate of drug-likeness (QED) is 0.860. The first-order chi connectivity index (χ1) is 10.3. The van der Waals surface area contributed by atoms with Crippen LogP contribution in [0.3, 0.4) is 0 Å². The lowest BCUT2D eigenvalue weighted by atomic mass is 10.2. The van der Waals surface area contributed by atoms with Gasteiger partial charge in [-0.05, 0) is 49.9 Å². The number of rotatable bonds is 5. The van der Waals surface area contributed by atoms with Crippen molar-refractivity contribution >= 4 is 23.1 Å². The maximum Gasteiger partial charge on any atom is 0.341 e. The molecule has 0 saturated carbocycles. The minimum absolute atomic E-state index is 0.332. The Labute approximate surface area is 128 Å². The molecule has 1 aliphatic carbocycles. The number of nitrogens with one attached hydrogen (secondary N) is 1. The molecule has 4 nitrogen and oxygen atoms in total. The lowest BCUT2D eigenvalue weighted by molar-refractivity contribution is 0.0527. The molecule has 0 aliphatic heterocycles. The van der Waals surface area contributed by atoms with Crippen molar-refractivity contribution in [2.45, 2.75) is 32.7 Å². The molecule has 5 heteroatoms. The number of thiophene rings is 1. The standard InChI is InChI=1S/C16H18N2O2S/c1-2-20-16(19)13-6-4-8-17-15(13)18-10-12-9-11-5-3-7-14(11)21-12/h4,6,8-9H,2-3,5,7,10H2,1H3,(H,17,18). The van der Waals surface area contributed by atoms with Gasteiger partial charge in [0.05, 0.1) is 13.2 Å². The van der Waals surface area contributed by atoms with Gasteiger partial charge in [-0.15, -0.1) is 11.3 Å². The number of esters is 1. The Balaban J connectivity index is 1.71. The predicted octanol–water partition coefficient (Wildman–Crippen LogP) is 3.42. The minimum Gasteiger partial charge on any atom is -0.462 e. The van der Waals surface area contributed by atoms with Crippen LogP contribution in [0.25, 0.3) is 0 Å². The zero-order chi connectivity index (χ0) is 14.7. The van der Waals surface area contributed by atoms with Gasteiger partial charge in [-0.1, -0.05) is 0 Å². The molecule has 0 atom stereocenters. The number of ether oxygens (including phenoxy) is 1. The fraction of sp³-hybridized carbons (Fsp3) is 0.375. The molecule has 0 saturated heterocycles. The van der Waals surface area contributed by atoms with Crippen molar-refractivity contribution in [3.05, 3.63) is 45.3 Å². The van der Waals surface area contributed by atoms with Crippen molar-refractivity contribution in [2.24, 2.45) is 0 Å². The molecule has 0 amide bonds. The molecule has 0 fully saturated rings. The fourth-order valence-corrected chi connectivity index (χ4v) is 3.77. The van der Waals surface area contributed by atoms with Gasteiger partial charge in [-0.3, -0.25) is 0 Å². The molecule has 0 unspecified atom stereocenters. The Morgan fingerprint density at radius 3 is 3.19 bits per heavy atom.